The number of hydrogen-bond acceptors (Lipinski definition) is 4. The smallest absolute Gasteiger partial charge is 0.277 e. The number of hydrazone groups is 1. The van der Waals surface area contributed by atoms with Gasteiger partial charge >= 0.3 is 0 Å². The van der Waals surface area contributed by atoms with Gasteiger partial charge in [-0.15, -0.1) is 11.3 Å². The van der Waals surface area contributed by atoms with Gasteiger partial charge < -0.3 is 4.74 Å². The third-order valence-electron chi connectivity index (χ3n) is 2.67. The summed E-state index contributed by atoms with van der Waals surface area (Å²) in [5, 5.41) is 5.84. The Morgan fingerprint density at radius 1 is 1.43 bits per heavy atom. The number of benzene rings is 1. The van der Waals surface area contributed by atoms with Crippen molar-refractivity contribution in [3.8, 4) is 5.75 Å². The number of nitrogens with zero attached hydrogens (tertiary/aromatic N) is 1. The van der Waals surface area contributed by atoms with Gasteiger partial charge in [0.1, 0.15) is 5.75 Å². The highest BCUT2D eigenvalue weighted by Gasteiger charge is 2.04. The molecule has 110 valence electrons. The van der Waals surface area contributed by atoms with E-state index >= 15 is 0 Å². The van der Waals surface area contributed by atoms with Crippen LogP contribution >= 0.6 is 27.3 Å². The molecule has 0 saturated heterocycles. The van der Waals surface area contributed by atoms with Crippen molar-refractivity contribution in [2.24, 2.45) is 5.10 Å². The average molecular weight is 367 g/mol. The number of ether oxygens (including phenoxy) is 1. The van der Waals surface area contributed by atoms with Crippen LogP contribution in [0.3, 0.4) is 0 Å². The number of carbonyl (C=O) groups is 1. The predicted octanol–water partition coefficient (Wildman–Crippen LogP) is 3.66. The molecule has 0 aliphatic rings. The minimum atomic E-state index is -0.289. The van der Waals surface area contributed by atoms with Crippen LogP contribution in [0.25, 0.3) is 0 Å². The number of carbonyl (C=O) groups excluding carboxylic acids is 1. The van der Waals surface area contributed by atoms with Crippen molar-refractivity contribution in [1.82, 2.24) is 5.43 Å². The van der Waals surface area contributed by atoms with E-state index in [1.165, 1.54) is 11.3 Å². The Kier molecular flexibility index (Phi) is 5.52. The predicted molar refractivity (Wildman–Crippen MR) is 89.2 cm³/mol. The van der Waals surface area contributed by atoms with Crippen LogP contribution in [-0.4, -0.2) is 18.7 Å². The zero-order chi connectivity index (χ0) is 15.2. The van der Waals surface area contributed by atoms with Crippen LogP contribution in [0, 0.1) is 13.8 Å². The lowest BCUT2D eigenvalue weighted by molar-refractivity contribution is -0.123. The number of hydrogen-bond donors (Lipinski definition) is 1. The molecule has 1 N–H and O–H groups in total. The molecule has 0 spiro atoms. The van der Waals surface area contributed by atoms with Crippen LogP contribution in [0.4, 0.5) is 0 Å². The van der Waals surface area contributed by atoms with Crippen LogP contribution in [-0.2, 0) is 4.79 Å². The molecule has 4 nitrogen and oxygen atoms in total. The lowest BCUT2D eigenvalue weighted by Crippen LogP contribution is -2.24. The SMILES string of the molecule is Cc1ccc(C)c(OCC(=O)N/N=C\c2cc(Br)cs2)c1. The number of nitrogens with one attached hydrogen (secondary N) is 1. The Balaban J connectivity index is 1.82. The van der Waals surface area contributed by atoms with Gasteiger partial charge in [0.25, 0.3) is 5.91 Å². The maximum absolute atomic E-state index is 11.7. The Morgan fingerprint density at radius 3 is 2.95 bits per heavy atom. The van der Waals surface area contributed by atoms with Gasteiger partial charge in [-0.3, -0.25) is 4.79 Å². The molecule has 1 aromatic carbocycles. The highest BCUT2D eigenvalue weighted by atomic mass is 79.9. The fraction of sp³-hybridized carbons (Fsp3) is 0.200. The summed E-state index contributed by atoms with van der Waals surface area (Å²) in [5.74, 6) is 0.430. The minimum Gasteiger partial charge on any atom is -0.483 e. The zero-order valence-corrected chi connectivity index (χ0v) is 14.1. The Hall–Kier alpha value is -1.66. The van der Waals surface area contributed by atoms with Gasteiger partial charge in [-0.1, -0.05) is 12.1 Å². The number of rotatable bonds is 5. The van der Waals surface area contributed by atoms with Crippen molar-refractivity contribution >= 4 is 39.4 Å². The molecule has 1 aromatic heterocycles. The molecular weight excluding hydrogens is 352 g/mol. The van der Waals surface area contributed by atoms with E-state index in [0.29, 0.717) is 0 Å². The fourth-order valence-electron chi connectivity index (χ4n) is 1.60. The number of thiophene rings is 1. The van der Waals surface area contributed by atoms with E-state index in [9.17, 15) is 4.79 Å². The van der Waals surface area contributed by atoms with E-state index < -0.39 is 0 Å². The molecule has 6 heteroatoms. The molecule has 1 heterocycles. The van der Waals surface area contributed by atoms with Gasteiger partial charge in [0.15, 0.2) is 6.61 Å². The molecule has 0 bridgehead atoms. The zero-order valence-electron chi connectivity index (χ0n) is 11.7. The standard InChI is InChI=1S/C15H15BrN2O2S/c1-10-3-4-11(2)14(5-10)20-8-15(19)18-17-7-13-6-12(16)9-21-13/h3-7,9H,8H2,1-2H3,(H,18,19)/b17-7-. The van der Waals surface area contributed by atoms with Crippen molar-refractivity contribution in [2.45, 2.75) is 13.8 Å². The van der Waals surface area contributed by atoms with Crippen LogP contribution < -0.4 is 10.2 Å². The monoisotopic (exact) mass is 366 g/mol. The lowest BCUT2D eigenvalue weighted by Gasteiger charge is -2.08. The molecule has 21 heavy (non-hydrogen) atoms. The number of aryl methyl sites for hydroxylation is 2. The van der Waals surface area contributed by atoms with E-state index in [4.69, 9.17) is 4.74 Å². The van der Waals surface area contributed by atoms with Crippen LogP contribution in [0.5, 0.6) is 5.75 Å². The summed E-state index contributed by atoms with van der Waals surface area (Å²) in [6, 6.07) is 7.81. The molecule has 1 amide bonds. The van der Waals surface area contributed by atoms with Gasteiger partial charge in [-0.05, 0) is 53.0 Å². The van der Waals surface area contributed by atoms with Crippen molar-refractivity contribution < 1.29 is 9.53 Å². The molecule has 0 aliphatic heterocycles. The van der Waals surface area contributed by atoms with Crippen LogP contribution in [0.15, 0.2) is 39.2 Å². The summed E-state index contributed by atoms with van der Waals surface area (Å²) < 4.78 is 6.49. The van der Waals surface area contributed by atoms with Crippen molar-refractivity contribution in [2.75, 3.05) is 6.61 Å². The summed E-state index contributed by atoms with van der Waals surface area (Å²) in [5.41, 5.74) is 4.54. The van der Waals surface area contributed by atoms with E-state index in [0.717, 1.165) is 26.2 Å². The van der Waals surface area contributed by atoms with Crippen molar-refractivity contribution in [1.29, 1.82) is 0 Å². The Morgan fingerprint density at radius 2 is 2.24 bits per heavy atom. The van der Waals surface area contributed by atoms with Gasteiger partial charge in [0.05, 0.1) is 6.21 Å². The molecule has 0 unspecified atom stereocenters. The summed E-state index contributed by atoms with van der Waals surface area (Å²) in [7, 11) is 0. The second kappa shape index (κ2) is 7.38. The average Bonchev–Trinajstić information content (AvgIpc) is 2.85. The van der Waals surface area contributed by atoms with Gasteiger partial charge in [0, 0.05) is 14.7 Å². The van der Waals surface area contributed by atoms with Crippen molar-refractivity contribution in [3.05, 3.63) is 50.1 Å². The number of halogens is 1. The van der Waals surface area contributed by atoms with E-state index in [1.54, 1.807) is 6.21 Å². The highest BCUT2D eigenvalue weighted by molar-refractivity contribution is 9.10. The largest absolute Gasteiger partial charge is 0.483 e. The maximum atomic E-state index is 11.7. The summed E-state index contributed by atoms with van der Waals surface area (Å²) in [6.45, 7) is 3.87. The van der Waals surface area contributed by atoms with Gasteiger partial charge in [-0.25, -0.2) is 5.43 Å². The topological polar surface area (TPSA) is 50.7 Å². The minimum absolute atomic E-state index is 0.0598. The molecule has 2 aromatic rings. The first kappa shape index (κ1) is 15.7. The second-order valence-corrected chi connectivity index (χ2v) is 6.38. The molecule has 0 fully saturated rings. The fourth-order valence-corrected chi connectivity index (χ4v) is 2.91. The quantitative estimate of drug-likeness (QED) is 0.648. The highest BCUT2D eigenvalue weighted by Crippen LogP contribution is 2.19. The second-order valence-electron chi connectivity index (χ2n) is 4.52. The van der Waals surface area contributed by atoms with Crippen molar-refractivity contribution in [3.63, 3.8) is 0 Å². The maximum Gasteiger partial charge on any atom is 0.277 e. The first-order valence-corrected chi connectivity index (χ1v) is 7.98. The van der Waals surface area contributed by atoms with E-state index in [-0.39, 0.29) is 12.5 Å². The first-order chi connectivity index (χ1) is 10.0. The van der Waals surface area contributed by atoms with E-state index in [1.807, 2.05) is 43.5 Å². The normalized spacial score (nSPS) is 10.8. The molecular formula is C15H15BrN2O2S. The van der Waals surface area contributed by atoms with Gasteiger partial charge in [-0.2, -0.15) is 5.10 Å². The third kappa shape index (κ3) is 4.99. The summed E-state index contributed by atoms with van der Waals surface area (Å²) in [4.78, 5) is 12.6. The molecule has 0 radical (unpaired) electrons. The summed E-state index contributed by atoms with van der Waals surface area (Å²) >= 11 is 4.89. The molecule has 0 aliphatic carbocycles. The number of amides is 1. The Labute approximate surface area is 136 Å². The van der Waals surface area contributed by atoms with Gasteiger partial charge in [0.2, 0.25) is 0 Å². The first-order valence-electron chi connectivity index (χ1n) is 6.30. The van der Waals surface area contributed by atoms with E-state index in [2.05, 4.69) is 26.5 Å². The Bertz CT molecular complexity index is 667. The van der Waals surface area contributed by atoms with Crippen LogP contribution in [0.1, 0.15) is 16.0 Å². The molecule has 0 atom stereocenters. The van der Waals surface area contributed by atoms with Crippen LogP contribution in [0.2, 0.25) is 0 Å². The lowest BCUT2D eigenvalue weighted by atomic mass is 10.1. The third-order valence-corrected chi connectivity index (χ3v) is 4.30. The molecule has 2 rings (SSSR count). The molecule has 0 saturated carbocycles. The summed E-state index contributed by atoms with van der Waals surface area (Å²) in [6.07, 6.45) is 1.60.